The number of guanidine groups is 1. The Kier molecular flexibility index (Phi) is 7.82. The van der Waals surface area contributed by atoms with Crippen LogP contribution in [0.2, 0.25) is 10.0 Å². The van der Waals surface area contributed by atoms with Crippen LogP contribution in [-0.4, -0.2) is 31.6 Å². The lowest BCUT2D eigenvalue weighted by molar-refractivity contribution is -0.123. The SMILES string of the molecule is CN=C(NCc1cccc(OCC(=O)NC2CC2)c1)NC(C)c1ccc(Cl)cc1Cl. The Hall–Kier alpha value is -2.44. The predicted molar refractivity (Wildman–Crippen MR) is 121 cm³/mol. The molecule has 1 aliphatic carbocycles. The van der Waals surface area contributed by atoms with E-state index in [-0.39, 0.29) is 18.6 Å². The van der Waals surface area contributed by atoms with E-state index in [0.717, 1.165) is 24.0 Å². The van der Waals surface area contributed by atoms with Crippen LogP contribution in [0, 0.1) is 0 Å². The second kappa shape index (κ2) is 10.5. The number of ether oxygens (including phenoxy) is 1. The summed E-state index contributed by atoms with van der Waals surface area (Å²) in [6.07, 6.45) is 2.12. The largest absolute Gasteiger partial charge is 0.484 e. The van der Waals surface area contributed by atoms with E-state index in [1.807, 2.05) is 43.3 Å². The van der Waals surface area contributed by atoms with Gasteiger partial charge in [-0.05, 0) is 55.2 Å². The van der Waals surface area contributed by atoms with Crippen molar-refractivity contribution in [1.82, 2.24) is 16.0 Å². The van der Waals surface area contributed by atoms with Gasteiger partial charge in [0.25, 0.3) is 5.91 Å². The van der Waals surface area contributed by atoms with Crippen molar-refractivity contribution in [3.8, 4) is 5.75 Å². The summed E-state index contributed by atoms with van der Waals surface area (Å²) < 4.78 is 5.60. The van der Waals surface area contributed by atoms with Crippen molar-refractivity contribution >= 4 is 35.1 Å². The van der Waals surface area contributed by atoms with Crippen LogP contribution in [0.1, 0.15) is 36.9 Å². The van der Waals surface area contributed by atoms with Gasteiger partial charge in [-0.1, -0.05) is 41.4 Å². The summed E-state index contributed by atoms with van der Waals surface area (Å²) in [5, 5.41) is 10.7. The zero-order valence-electron chi connectivity index (χ0n) is 17.0. The first-order valence-electron chi connectivity index (χ1n) is 9.88. The smallest absolute Gasteiger partial charge is 0.258 e. The average Bonchev–Trinajstić information content (AvgIpc) is 3.53. The van der Waals surface area contributed by atoms with Crippen molar-refractivity contribution < 1.29 is 9.53 Å². The molecule has 1 amide bonds. The molecule has 0 bridgehead atoms. The molecule has 3 N–H and O–H groups in total. The summed E-state index contributed by atoms with van der Waals surface area (Å²) in [5.41, 5.74) is 1.94. The maximum atomic E-state index is 11.8. The Morgan fingerprint density at radius 1 is 1.23 bits per heavy atom. The zero-order chi connectivity index (χ0) is 21.5. The highest BCUT2D eigenvalue weighted by atomic mass is 35.5. The van der Waals surface area contributed by atoms with Crippen molar-refractivity contribution in [2.45, 2.75) is 38.4 Å². The number of nitrogens with zero attached hydrogens (tertiary/aromatic N) is 1. The molecule has 0 aromatic heterocycles. The molecule has 0 spiro atoms. The highest BCUT2D eigenvalue weighted by molar-refractivity contribution is 6.35. The van der Waals surface area contributed by atoms with E-state index >= 15 is 0 Å². The van der Waals surface area contributed by atoms with Gasteiger partial charge in [0, 0.05) is 29.7 Å². The highest BCUT2D eigenvalue weighted by Crippen LogP contribution is 2.26. The number of halogens is 2. The Balaban J connectivity index is 1.51. The maximum absolute atomic E-state index is 11.8. The Morgan fingerprint density at radius 2 is 2.03 bits per heavy atom. The Bertz CT molecular complexity index is 916. The van der Waals surface area contributed by atoms with Gasteiger partial charge in [-0.25, -0.2) is 0 Å². The van der Waals surface area contributed by atoms with Crippen molar-refractivity contribution in [2.24, 2.45) is 4.99 Å². The number of rotatable bonds is 8. The van der Waals surface area contributed by atoms with Crippen molar-refractivity contribution in [2.75, 3.05) is 13.7 Å². The Morgan fingerprint density at radius 3 is 2.73 bits per heavy atom. The summed E-state index contributed by atoms with van der Waals surface area (Å²) in [6, 6.07) is 13.3. The summed E-state index contributed by atoms with van der Waals surface area (Å²) in [5.74, 6) is 1.22. The lowest BCUT2D eigenvalue weighted by Gasteiger charge is -2.19. The minimum absolute atomic E-state index is 0.0238. The molecule has 1 aliphatic rings. The number of amides is 1. The van der Waals surface area contributed by atoms with Gasteiger partial charge >= 0.3 is 0 Å². The number of carbonyl (C=O) groups excluding carboxylic acids is 1. The molecule has 1 saturated carbocycles. The molecule has 8 heteroatoms. The fourth-order valence-corrected chi connectivity index (χ4v) is 3.48. The minimum Gasteiger partial charge on any atom is -0.484 e. The maximum Gasteiger partial charge on any atom is 0.258 e. The van der Waals surface area contributed by atoms with Crippen LogP contribution in [0.5, 0.6) is 5.75 Å². The third-order valence-electron chi connectivity index (χ3n) is 4.68. The van der Waals surface area contributed by atoms with Crippen LogP contribution in [-0.2, 0) is 11.3 Å². The minimum atomic E-state index is -0.0829. The van der Waals surface area contributed by atoms with Crippen molar-refractivity contribution in [1.29, 1.82) is 0 Å². The lowest BCUT2D eigenvalue weighted by Crippen LogP contribution is -2.38. The number of aliphatic imine (C=N–C) groups is 1. The van der Waals surface area contributed by atoms with Gasteiger partial charge in [0.15, 0.2) is 12.6 Å². The van der Waals surface area contributed by atoms with Gasteiger partial charge in [0.05, 0.1) is 6.04 Å². The summed E-state index contributed by atoms with van der Waals surface area (Å²) in [6.45, 7) is 2.57. The van der Waals surface area contributed by atoms with E-state index < -0.39 is 0 Å². The molecule has 0 radical (unpaired) electrons. The van der Waals surface area contributed by atoms with Gasteiger partial charge in [0.2, 0.25) is 0 Å². The summed E-state index contributed by atoms with van der Waals surface area (Å²) in [4.78, 5) is 16.1. The molecular formula is C22H26Cl2N4O2. The fourth-order valence-electron chi connectivity index (χ4n) is 2.91. The average molecular weight is 449 g/mol. The quantitative estimate of drug-likeness (QED) is 0.420. The van der Waals surface area contributed by atoms with E-state index in [2.05, 4.69) is 20.9 Å². The molecule has 3 rings (SSSR count). The molecule has 2 aromatic carbocycles. The number of benzene rings is 2. The normalized spacial score (nSPS) is 14.7. The molecule has 2 aromatic rings. The summed E-state index contributed by atoms with van der Waals surface area (Å²) >= 11 is 12.3. The number of carbonyl (C=O) groups is 1. The van der Waals surface area contributed by atoms with Crippen LogP contribution < -0.4 is 20.7 Å². The summed E-state index contributed by atoms with van der Waals surface area (Å²) in [7, 11) is 1.71. The number of hydrogen-bond donors (Lipinski definition) is 3. The second-order valence-corrected chi connectivity index (χ2v) is 8.08. The molecule has 30 heavy (non-hydrogen) atoms. The van der Waals surface area contributed by atoms with E-state index in [1.165, 1.54) is 0 Å². The van der Waals surface area contributed by atoms with E-state index in [4.69, 9.17) is 27.9 Å². The highest BCUT2D eigenvalue weighted by Gasteiger charge is 2.23. The van der Waals surface area contributed by atoms with Crippen LogP contribution in [0.25, 0.3) is 0 Å². The van der Waals surface area contributed by atoms with E-state index in [9.17, 15) is 4.79 Å². The van der Waals surface area contributed by atoms with Crippen molar-refractivity contribution in [3.05, 3.63) is 63.6 Å². The number of nitrogens with one attached hydrogen (secondary N) is 3. The third-order valence-corrected chi connectivity index (χ3v) is 5.24. The lowest BCUT2D eigenvalue weighted by atomic mass is 10.1. The molecule has 1 unspecified atom stereocenters. The standard InChI is InChI=1S/C22H26Cl2N4O2/c1-14(19-9-6-16(23)11-20(19)24)27-22(25-2)26-12-15-4-3-5-18(10-15)30-13-21(29)28-17-7-8-17/h3-6,9-11,14,17H,7-8,12-13H2,1-2H3,(H,28,29)(H2,25,26,27). The van der Waals surface area contributed by atoms with Gasteiger partial charge in [0.1, 0.15) is 5.75 Å². The van der Waals surface area contributed by atoms with Gasteiger partial charge in [-0.2, -0.15) is 0 Å². The van der Waals surface area contributed by atoms with Crippen LogP contribution in [0.4, 0.5) is 0 Å². The third kappa shape index (κ3) is 6.82. The molecule has 0 aliphatic heterocycles. The first-order chi connectivity index (χ1) is 14.4. The first-order valence-corrected chi connectivity index (χ1v) is 10.6. The molecule has 0 heterocycles. The predicted octanol–water partition coefficient (Wildman–Crippen LogP) is 4.08. The molecule has 1 fully saturated rings. The van der Waals surface area contributed by atoms with Crippen LogP contribution in [0.15, 0.2) is 47.5 Å². The molecule has 6 nitrogen and oxygen atoms in total. The molecule has 1 atom stereocenters. The van der Waals surface area contributed by atoms with Gasteiger partial charge < -0.3 is 20.7 Å². The van der Waals surface area contributed by atoms with Crippen LogP contribution in [0.3, 0.4) is 0 Å². The second-order valence-electron chi connectivity index (χ2n) is 7.24. The monoisotopic (exact) mass is 448 g/mol. The molecule has 160 valence electrons. The van der Waals surface area contributed by atoms with Crippen molar-refractivity contribution in [3.63, 3.8) is 0 Å². The molecule has 0 saturated heterocycles. The van der Waals surface area contributed by atoms with Gasteiger partial charge in [-0.15, -0.1) is 0 Å². The topological polar surface area (TPSA) is 74.8 Å². The van der Waals surface area contributed by atoms with Gasteiger partial charge in [-0.3, -0.25) is 9.79 Å². The first kappa shape index (κ1) is 22.2. The number of hydrogen-bond acceptors (Lipinski definition) is 3. The van der Waals surface area contributed by atoms with E-state index in [1.54, 1.807) is 13.1 Å². The van der Waals surface area contributed by atoms with Crippen LogP contribution >= 0.6 is 23.2 Å². The van der Waals surface area contributed by atoms with E-state index in [0.29, 0.717) is 34.3 Å². The fraction of sp³-hybridized carbons (Fsp3) is 0.364. The molecular weight excluding hydrogens is 423 g/mol. The Labute approximate surface area is 187 Å². The zero-order valence-corrected chi connectivity index (χ0v) is 18.6.